The second-order valence-electron chi connectivity index (χ2n) is 16.3. The van der Waals surface area contributed by atoms with Crippen LogP contribution < -0.4 is 32.7 Å². The van der Waals surface area contributed by atoms with Gasteiger partial charge in [-0.2, -0.15) is 0 Å². The Bertz CT molecular complexity index is 2490. The molecule has 15 nitrogen and oxygen atoms in total. The fourth-order valence-electron chi connectivity index (χ4n) is 6.44. The number of phenols is 1. The summed E-state index contributed by atoms with van der Waals surface area (Å²) >= 11 is 5.61. The van der Waals surface area contributed by atoms with Crippen molar-refractivity contribution in [3.05, 3.63) is 131 Å². The molecule has 1 unspecified atom stereocenters. The number of benzene rings is 3. The molecule has 16 heteroatoms. The number of nitrogens with two attached hydrogens (primary N) is 2. The van der Waals surface area contributed by atoms with Crippen LogP contribution >= 0.6 is 11.6 Å². The van der Waals surface area contributed by atoms with Gasteiger partial charge in [-0.15, -0.1) is 0 Å². The number of nitrogens with one attached hydrogen (secondary N) is 6. The number of primary amides is 1. The van der Waals surface area contributed by atoms with Crippen molar-refractivity contribution >= 4 is 62.9 Å². The maximum atomic E-state index is 13.7. The van der Waals surface area contributed by atoms with Gasteiger partial charge >= 0.3 is 0 Å². The molecule has 0 aliphatic heterocycles. The average molecular weight is 864 g/mol. The molecular formula is C46H54ClN9O6. The van der Waals surface area contributed by atoms with E-state index in [2.05, 4.69) is 36.2 Å². The number of rotatable bonds is 16. The Morgan fingerprint density at radius 1 is 0.758 bits per heavy atom. The number of halogens is 1. The van der Waals surface area contributed by atoms with Gasteiger partial charge in [0.2, 0.25) is 29.5 Å². The van der Waals surface area contributed by atoms with Crippen LogP contribution in [0.1, 0.15) is 49.9 Å². The van der Waals surface area contributed by atoms with E-state index >= 15 is 0 Å². The molecule has 6 rings (SSSR count). The minimum atomic E-state index is -1.18. The van der Waals surface area contributed by atoms with Crippen LogP contribution in [0, 0.1) is 12.3 Å². The van der Waals surface area contributed by atoms with Crippen LogP contribution in [0.4, 0.5) is 0 Å². The Hall–Kier alpha value is -6.71. The van der Waals surface area contributed by atoms with Gasteiger partial charge in [-0.25, -0.2) is 0 Å². The van der Waals surface area contributed by atoms with E-state index in [1.165, 1.54) is 11.6 Å². The van der Waals surface area contributed by atoms with Gasteiger partial charge in [-0.3, -0.25) is 29.0 Å². The Morgan fingerprint density at radius 2 is 1.39 bits per heavy atom. The van der Waals surface area contributed by atoms with Crippen molar-refractivity contribution in [2.45, 2.75) is 77.5 Å². The van der Waals surface area contributed by atoms with Crippen LogP contribution in [0.3, 0.4) is 0 Å². The molecule has 11 N–H and O–H groups in total. The Morgan fingerprint density at radius 3 is 2.02 bits per heavy atom. The summed E-state index contributed by atoms with van der Waals surface area (Å²) in [5.41, 5.74) is 14.9. The molecule has 0 saturated carbocycles. The molecule has 3 aromatic heterocycles. The summed E-state index contributed by atoms with van der Waals surface area (Å²) in [5.74, 6) is -3.24. The number of para-hydroxylation sites is 1. The number of pyridine rings is 1. The van der Waals surface area contributed by atoms with E-state index < -0.39 is 65.2 Å². The second kappa shape index (κ2) is 20.2. The Kier molecular flexibility index (Phi) is 15.1. The molecule has 6 aromatic rings. The summed E-state index contributed by atoms with van der Waals surface area (Å²) in [4.78, 5) is 77.2. The summed E-state index contributed by atoms with van der Waals surface area (Å²) in [6, 6.07) is 20.0. The zero-order valence-electron chi connectivity index (χ0n) is 35.3. The summed E-state index contributed by atoms with van der Waals surface area (Å²) in [6.07, 6.45) is 6.69. The molecule has 0 saturated heterocycles. The van der Waals surface area contributed by atoms with Gasteiger partial charge < -0.3 is 47.8 Å². The van der Waals surface area contributed by atoms with Crippen LogP contribution in [0.5, 0.6) is 5.75 Å². The van der Waals surface area contributed by atoms with E-state index in [1.807, 2.05) is 55.5 Å². The summed E-state index contributed by atoms with van der Waals surface area (Å²) in [5, 5.41) is 23.2. The number of phenolic OH excluding ortho intramolecular Hbond substituents is 1. The molecule has 0 bridgehead atoms. The number of aromatic amines is 2. The van der Waals surface area contributed by atoms with Crippen LogP contribution in [-0.4, -0.2) is 79.8 Å². The highest BCUT2D eigenvalue weighted by molar-refractivity contribution is 6.30. The van der Waals surface area contributed by atoms with Gasteiger partial charge in [0, 0.05) is 76.4 Å². The van der Waals surface area contributed by atoms with Crippen molar-refractivity contribution in [2.24, 2.45) is 16.9 Å². The molecule has 0 radical (unpaired) electrons. The van der Waals surface area contributed by atoms with Gasteiger partial charge in [0.1, 0.15) is 23.9 Å². The lowest BCUT2D eigenvalue weighted by Gasteiger charge is -2.37. The number of fused-ring (bicyclic) bond motifs is 2. The number of amides is 5. The summed E-state index contributed by atoms with van der Waals surface area (Å²) in [7, 11) is 0. The molecule has 3 heterocycles. The molecule has 0 aliphatic rings. The number of nitrogens with zero attached hydrogens (tertiary/aromatic N) is 1. The van der Waals surface area contributed by atoms with Crippen molar-refractivity contribution in [1.29, 1.82) is 0 Å². The normalized spacial score (nSPS) is 13.0. The first-order valence-corrected chi connectivity index (χ1v) is 20.4. The zero-order chi connectivity index (χ0) is 45.2. The maximum absolute atomic E-state index is 13.7. The van der Waals surface area contributed by atoms with Crippen LogP contribution in [0.25, 0.3) is 21.8 Å². The van der Waals surface area contributed by atoms with E-state index in [1.54, 1.807) is 76.7 Å². The monoisotopic (exact) mass is 863 g/mol. The molecule has 3 atom stereocenters. The quantitative estimate of drug-likeness (QED) is 0.0679. The minimum absolute atomic E-state index is 0.0146. The molecule has 0 fully saturated rings. The molecule has 0 aliphatic carbocycles. The molecule has 326 valence electrons. The fraction of sp³-hybridized carbons (Fsp3) is 0.304. The summed E-state index contributed by atoms with van der Waals surface area (Å²) in [6.45, 7) is 8.25. The number of aromatic hydroxyl groups is 1. The van der Waals surface area contributed by atoms with E-state index in [4.69, 9.17) is 23.1 Å². The highest BCUT2D eigenvalue weighted by Gasteiger charge is 2.42. The number of carbonyl (C=O) groups excluding carboxylic acids is 5. The third-order valence-corrected chi connectivity index (χ3v) is 11.2. The number of H-pyrrole nitrogens is 2. The second-order valence-corrected chi connectivity index (χ2v) is 16.8. The first-order valence-electron chi connectivity index (χ1n) is 20.0. The van der Waals surface area contributed by atoms with Crippen LogP contribution in [0.2, 0.25) is 5.02 Å². The summed E-state index contributed by atoms with van der Waals surface area (Å²) < 4.78 is 0. The number of aromatic nitrogens is 3. The predicted molar refractivity (Wildman–Crippen MR) is 240 cm³/mol. The lowest BCUT2D eigenvalue weighted by molar-refractivity contribution is -0.136. The smallest absolute Gasteiger partial charge is 0.243 e. The topological polar surface area (TPSA) is 250 Å². The van der Waals surface area contributed by atoms with Crippen LogP contribution in [0.15, 0.2) is 104 Å². The van der Waals surface area contributed by atoms with Crippen molar-refractivity contribution in [1.82, 2.24) is 36.2 Å². The standard InChI is InChI=1S/C39H47N9O6.C7H7Cl/c1-38(2,39(3,4)41)37(54)48-32(16-24-20-44-29-12-11-25(49)17-27(24)29)35(52)45-21-33(50)46-31(14-22-8-7-13-42-18-22)36(53)47-30(34(40)51)15-23-19-43-28-10-6-5-9-26(23)28;1-6-2-4-7(8)5-3-6/h5-13,17-20,30-32,43-44,49H,14-16,21,41H2,1-4H3,(H2,40,51)(H,45,52)(H,46,50)(H,47,53)(H,48,54);2-5H,1H3/t30-,31+,32?;/m1./s1. The molecule has 0 spiro atoms. The Labute approximate surface area is 364 Å². The lowest BCUT2D eigenvalue weighted by atomic mass is 9.74. The molecule has 5 amide bonds. The molecule has 3 aromatic carbocycles. The zero-order valence-corrected chi connectivity index (χ0v) is 36.1. The molecule has 62 heavy (non-hydrogen) atoms. The van der Waals surface area contributed by atoms with Crippen LogP contribution in [-0.2, 0) is 43.2 Å². The third-order valence-electron chi connectivity index (χ3n) is 11.0. The third kappa shape index (κ3) is 12.2. The highest BCUT2D eigenvalue weighted by atomic mass is 35.5. The first-order chi connectivity index (χ1) is 29.3. The van der Waals surface area contributed by atoms with E-state index in [0.29, 0.717) is 22.0 Å². The first kappa shape index (κ1) is 46.4. The highest BCUT2D eigenvalue weighted by Crippen LogP contribution is 2.29. The molecular weight excluding hydrogens is 810 g/mol. The number of hydrogen-bond acceptors (Lipinski definition) is 8. The SMILES string of the molecule is CC(C)(N)C(C)(C)C(=O)NC(Cc1c[nH]c2ccc(O)cc12)C(=O)NCC(=O)N[C@@H](Cc1cccnc1)C(=O)N[C@H](Cc1c[nH]c2ccccc12)C(N)=O.Cc1ccc(Cl)cc1. The number of carbonyl (C=O) groups is 5. The lowest BCUT2D eigenvalue weighted by Crippen LogP contribution is -2.60. The van der Waals surface area contributed by atoms with Crippen molar-refractivity contribution < 1.29 is 29.1 Å². The van der Waals surface area contributed by atoms with Crippen molar-refractivity contribution in [2.75, 3.05) is 6.54 Å². The average Bonchev–Trinajstić information content (AvgIpc) is 3.83. The van der Waals surface area contributed by atoms with E-state index in [0.717, 1.165) is 21.5 Å². The van der Waals surface area contributed by atoms with E-state index in [9.17, 15) is 29.1 Å². The van der Waals surface area contributed by atoms with Crippen molar-refractivity contribution in [3.63, 3.8) is 0 Å². The van der Waals surface area contributed by atoms with Gasteiger partial charge in [0.25, 0.3) is 0 Å². The maximum Gasteiger partial charge on any atom is 0.243 e. The van der Waals surface area contributed by atoms with Gasteiger partial charge in [0.05, 0.1) is 12.0 Å². The Balaban J connectivity index is 0.000000814. The predicted octanol–water partition coefficient (Wildman–Crippen LogP) is 4.25. The van der Waals surface area contributed by atoms with E-state index in [-0.39, 0.29) is 25.0 Å². The minimum Gasteiger partial charge on any atom is -0.508 e. The van der Waals surface area contributed by atoms with Gasteiger partial charge in [-0.1, -0.05) is 53.6 Å². The van der Waals surface area contributed by atoms with Gasteiger partial charge in [0.15, 0.2) is 0 Å². The number of aryl methyl sites for hydroxylation is 1. The fourth-order valence-corrected chi connectivity index (χ4v) is 6.57. The number of hydrogen-bond donors (Lipinski definition) is 9. The van der Waals surface area contributed by atoms with Crippen molar-refractivity contribution in [3.8, 4) is 5.75 Å². The van der Waals surface area contributed by atoms with Gasteiger partial charge in [-0.05, 0) is 93.8 Å². The largest absolute Gasteiger partial charge is 0.508 e.